The maximum Gasteiger partial charge on any atom is -0.0265 e. The molecule has 0 amide bonds. The fraction of sp³-hybridized carbons (Fsp3) is 0.636. The molecule has 0 saturated heterocycles. The van der Waals surface area contributed by atoms with Crippen LogP contribution in [0.4, 0.5) is 0 Å². The molecule has 0 aromatic rings. The van der Waals surface area contributed by atoms with E-state index in [9.17, 15) is 0 Å². The Hall–Kier alpha value is -0.520. The molecule has 0 spiro atoms. The van der Waals surface area contributed by atoms with E-state index < -0.39 is 0 Å². The molecular formula is C11H20. The van der Waals surface area contributed by atoms with Crippen molar-refractivity contribution in [2.45, 2.75) is 39.5 Å². The molecule has 0 saturated carbocycles. The quantitative estimate of drug-likeness (QED) is 0.399. The summed E-state index contributed by atoms with van der Waals surface area (Å²) in [5, 5.41) is 0. The lowest BCUT2D eigenvalue weighted by molar-refractivity contribution is 0.613. The number of rotatable bonds is 6. The number of hydrogen-bond donors (Lipinski definition) is 0. The van der Waals surface area contributed by atoms with Gasteiger partial charge in [-0.05, 0) is 31.6 Å². The van der Waals surface area contributed by atoms with Crippen molar-refractivity contribution in [1.29, 1.82) is 0 Å². The monoisotopic (exact) mass is 152 g/mol. The maximum absolute atomic E-state index is 3.76. The smallest absolute Gasteiger partial charge is 0.0265 e. The van der Waals surface area contributed by atoms with Gasteiger partial charge in [0, 0.05) is 0 Å². The summed E-state index contributed by atoms with van der Waals surface area (Å²) in [6, 6.07) is 0. The Bertz CT molecular complexity index is 111. The van der Waals surface area contributed by atoms with Crippen LogP contribution < -0.4 is 0 Å². The van der Waals surface area contributed by atoms with Crippen molar-refractivity contribution in [2.24, 2.45) is 5.92 Å². The van der Waals surface area contributed by atoms with E-state index in [-0.39, 0.29) is 0 Å². The van der Waals surface area contributed by atoms with Gasteiger partial charge in [0.15, 0.2) is 0 Å². The predicted molar refractivity (Wildman–Crippen MR) is 52.6 cm³/mol. The maximum atomic E-state index is 3.76. The second-order valence-corrected chi connectivity index (χ2v) is 3.02. The Morgan fingerprint density at radius 1 is 1.36 bits per heavy atom. The molecule has 0 fully saturated rings. The molecule has 1 unspecified atom stereocenters. The Kier molecular flexibility index (Phi) is 7.23. The first-order valence-electron chi connectivity index (χ1n) is 4.58. The van der Waals surface area contributed by atoms with Crippen molar-refractivity contribution in [2.75, 3.05) is 0 Å². The first-order chi connectivity index (χ1) is 5.31. The van der Waals surface area contributed by atoms with E-state index in [2.05, 4.69) is 32.6 Å². The highest BCUT2D eigenvalue weighted by atomic mass is 14.0. The van der Waals surface area contributed by atoms with Gasteiger partial charge in [0.25, 0.3) is 0 Å². The lowest BCUT2D eigenvalue weighted by Gasteiger charge is -2.01. The second kappa shape index (κ2) is 7.59. The SMILES string of the molecule is C=CC(C)CCCC=CCC. The Morgan fingerprint density at radius 2 is 2.09 bits per heavy atom. The van der Waals surface area contributed by atoms with Crippen LogP contribution >= 0.6 is 0 Å². The molecule has 64 valence electrons. The van der Waals surface area contributed by atoms with Crippen LogP contribution in [0.1, 0.15) is 39.5 Å². The summed E-state index contributed by atoms with van der Waals surface area (Å²) in [4.78, 5) is 0. The van der Waals surface area contributed by atoms with Gasteiger partial charge in [-0.25, -0.2) is 0 Å². The largest absolute Gasteiger partial charge is 0.103 e. The normalized spacial score (nSPS) is 13.6. The minimum Gasteiger partial charge on any atom is -0.103 e. The third kappa shape index (κ3) is 7.38. The summed E-state index contributed by atoms with van der Waals surface area (Å²) >= 11 is 0. The minimum absolute atomic E-state index is 0.685. The number of hydrogen-bond acceptors (Lipinski definition) is 0. The summed E-state index contributed by atoms with van der Waals surface area (Å²) in [6.45, 7) is 8.15. The first kappa shape index (κ1) is 10.5. The van der Waals surface area contributed by atoms with Gasteiger partial charge >= 0.3 is 0 Å². The van der Waals surface area contributed by atoms with E-state index >= 15 is 0 Å². The molecule has 0 rings (SSSR count). The van der Waals surface area contributed by atoms with Crippen LogP contribution in [0.5, 0.6) is 0 Å². The van der Waals surface area contributed by atoms with Gasteiger partial charge in [-0.3, -0.25) is 0 Å². The fourth-order valence-corrected chi connectivity index (χ4v) is 0.960. The van der Waals surface area contributed by atoms with Crippen molar-refractivity contribution < 1.29 is 0 Å². The second-order valence-electron chi connectivity index (χ2n) is 3.02. The molecule has 0 N–H and O–H groups in total. The predicted octanol–water partition coefficient (Wildman–Crippen LogP) is 3.95. The fourth-order valence-electron chi connectivity index (χ4n) is 0.960. The first-order valence-corrected chi connectivity index (χ1v) is 4.58. The summed E-state index contributed by atoms with van der Waals surface area (Å²) < 4.78 is 0. The molecule has 11 heavy (non-hydrogen) atoms. The third-order valence-electron chi connectivity index (χ3n) is 1.83. The van der Waals surface area contributed by atoms with Crippen molar-refractivity contribution in [3.05, 3.63) is 24.8 Å². The summed E-state index contributed by atoms with van der Waals surface area (Å²) in [5.74, 6) is 0.685. The zero-order chi connectivity index (χ0) is 8.53. The highest BCUT2D eigenvalue weighted by molar-refractivity contribution is 4.81. The standard InChI is InChI=1S/C11H20/c1-4-6-7-8-9-10-11(3)5-2/h5-7,11H,2,4,8-10H2,1,3H3. The lowest BCUT2D eigenvalue weighted by Crippen LogP contribution is -1.87. The van der Waals surface area contributed by atoms with Crippen LogP contribution in [0, 0.1) is 5.92 Å². The summed E-state index contributed by atoms with van der Waals surface area (Å²) in [7, 11) is 0. The molecule has 0 heterocycles. The molecule has 0 bridgehead atoms. The summed E-state index contributed by atoms with van der Waals surface area (Å²) in [6.07, 6.45) is 11.5. The van der Waals surface area contributed by atoms with E-state index in [0.717, 1.165) is 6.42 Å². The average Bonchev–Trinajstić information content (AvgIpc) is 2.04. The number of unbranched alkanes of at least 4 members (excludes halogenated alkanes) is 1. The van der Waals surface area contributed by atoms with Crippen LogP contribution in [0.2, 0.25) is 0 Å². The Balaban J connectivity index is 3.13. The summed E-state index contributed by atoms with van der Waals surface area (Å²) in [5.41, 5.74) is 0. The van der Waals surface area contributed by atoms with Gasteiger partial charge in [-0.15, -0.1) is 6.58 Å². The molecule has 0 aromatic heterocycles. The molecule has 0 aromatic carbocycles. The number of allylic oxidation sites excluding steroid dienone is 3. The van der Waals surface area contributed by atoms with Crippen LogP contribution in [-0.2, 0) is 0 Å². The van der Waals surface area contributed by atoms with Crippen molar-refractivity contribution in [3.8, 4) is 0 Å². The zero-order valence-electron chi connectivity index (χ0n) is 7.84. The van der Waals surface area contributed by atoms with Crippen LogP contribution in [0.25, 0.3) is 0 Å². The molecule has 0 aliphatic carbocycles. The molecule has 0 radical (unpaired) electrons. The molecule has 0 aliphatic heterocycles. The molecular weight excluding hydrogens is 132 g/mol. The van der Waals surface area contributed by atoms with Crippen LogP contribution in [0.15, 0.2) is 24.8 Å². The van der Waals surface area contributed by atoms with E-state index in [0.29, 0.717) is 5.92 Å². The van der Waals surface area contributed by atoms with Crippen molar-refractivity contribution >= 4 is 0 Å². The third-order valence-corrected chi connectivity index (χ3v) is 1.83. The van der Waals surface area contributed by atoms with E-state index in [1.165, 1.54) is 19.3 Å². The van der Waals surface area contributed by atoms with Gasteiger partial charge < -0.3 is 0 Å². The van der Waals surface area contributed by atoms with Crippen LogP contribution in [0.3, 0.4) is 0 Å². The average molecular weight is 152 g/mol. The van der Waals surface area contributed by atoms with E-state index in [1.807, 2.05) is 6.08 Å². The molecule has 0 nitrogen and oxygen atoms in total. The zero-order valence-corrected chi connectivity index (χ0v) is 7.84. The van der Waals surface area contributed by atoms with E-state index in [1.54, 1.807) is 0 Å². The highest BCUT2D eigenvalue weighted by Gasteiger charge is 1.92. The van der Waals surface area contributed by atoms with Gasteiger partial charge in [0.1, 0.15) is 0 Å². The Labute approximate surface area is 71.0 Å². The van der Waals surface area contributed by atoms with Gasteiger partial charge in [-0.2, -0.15) is 0 Å². The van der Waals surface area contributed by atoms with Gasteiger partial charge in [-0.1, -0.05) is 32.1 Å². The molecule has 1 atom stereocenters. The topological polar surface area (TPSA) is 0 Å². The highest BCUT2D eigenvalue weighted by Crippen LogP contribution is 2.08. The molecule has 0 heteroatoms. The Morgan fingerprint density at radius 3 is 2.64 bits per heavy atom. The van der Waals surface area contributed by atoms with E-state index in [4.69, 9.17) is 0 Å². The minimum atomic E-state index is 0.685. The van der Waals surface area contributed by atoms with Gasteiger partial charge in [0.05, 0.1) is 0 Å². The van der Waals surface area contributed by atoms with Gasteiger partial charge in [0.2, 0.25) is 0 Å². The van der Waals surface area contributed by atoms with Crippen molar-refractivity contribution in [1.82, 2.24) is 0 Å². The van der Waals surface area contributed by atoms with Crippen LogP contribution in [-0.4, -0.2) is 0 Å². The molecule has 0 aliphatic rings. The van der Waals surface area contributed by atoms with Crippen molar-refractivity contribution in [3.63, 3.8) is 0 Å². The lowest BCUT2D eigenvalue weighted by atomic mass is 10.0.